The number of thioether (sulfide) groups is 1. The van der Waals surface area contributed by atoms with Crippen LogP contribution in [0.3, 0.4) is 0 Å². The van der Waals surface area contributed by atoms with Gasteiger partial charge in [-0.25, -0.2) is 4.39 Å². The van der Waals surface area contributed by atoms with Gasteiger partial charge < -0.3 is 10.1 Å². The molecule has 23 heavy (non-hydrogen) atoms. The summed E-state index contributed by atoms with van der Waals surface area (Å²) in [6.07, 6.45) is 0.531. The molecule has 0 spiro atoms. The van der Waals surface area contributed by atoms with Crippen molar-refractivity contribution in [3.05, 3.63) is 23.0 Å². The molecule has 1 N–H and O–H groups in total. The average molecular weight is 362 g/mol. The van der Waals surface area contributed by atoms with Crippen LogP contribution >= 0.6 is 23.4 Å². The van der Waals surface area contributed by atoms with E-state index in [2.05, 4.69) is 5.32 Å². The first-order valence-electron chi connectivity index (χ1n) is 7.19. The SMILES string of the molecule is CCC(Sc1cc(NC(C)=O)c(F)cc1Cl)C(=O)OC(C)(C)C. The van der Waals surface area contributed by atoms with Gasteiger partial charge in [-0.05, 0) is 39.3 Å². The summed E-state index contributed by atoms with van der Waals surface area (Å²) >= 11 is 7.24. The van der Waals surface area contributed by atoms with Crippen molar-refractivity contribution in [2.45, 2.75) is 56.8 Å². The van der Waals surface area contributed by atoms with Gasteiger partial charge in [0, 0.05) is 11.8 Å². The van der Waals surface area contributed by atoms with Crippen molar-refractivity contribution in [1.29, 1.82) is 0 Å². The van der Waals surface area contributed by atoms with Crippen molar-refractivity contribution >= 4 is 40.9 Å². The van der Waals surface area contributed by atoms with Crippen molar-refractivity contribution in [2.75, 3.05) is 5.32 Å². The fraction of sp³-hybridized carbons (Fsp3) is 0.500. The van der Waals surface area contributed by atoms with E-state index < -0.39 is 16.7 Å². The lowest BCUT2D eigenvalue weighted by molar-refractivity contribution is -0.154. The summed E-state index contributed by atoms with van der Waals surface area (Å²) in [5, 5.41) is 2.11. The molecule has 1 aromatic carbocycles. The molecule has 0 aliphatic carbocycles. The molecular formula is C16H21ClFNO3S. The molecule has 0 heterocycles. The van der Waals surface area contributed by atoms with Crippen LogP contribution in [0, 0.1) is 5.82 Å². The number of carbonyl (C=O) groups excluding carboxylic acids is 2. The third-order valence-corrected chi connectivity index (χ3v) is 4.47. The summed E-state index contributed by atoms with van der Waals surface area (Å²) in [7, 11) is 0. The van der Waals surface area contributed by atoms with Gasteiger partial charge in [-0.15, -0.1) is 11.8 Å². The molecule has 4 nitrogen and oxygen atoms in total. The van der Waals surface area contributed by atoms with Crippen molar-refractivity contribution < 1.29 is 18.7 Å². The molecule has 1 unspecified atom stereocenters. The fourth-order valence-corrected chi connectivity index (χ4v) is 2.98. The number of rotatable bonds is 5. The molecular weight excluding hydrogens is 341 g/mol. The van der Waals surface area contributed by atoms with Gasteiger partial charge in [0.15, 0.2) is 0 Å². The molecule has 128 valence electrons. The summed E-state index contributed by atoms with van der Waals surface area (Å²) < 4.78 is 19.2. The standard InChI is InChI=1S/C16H21ClFNO3S/c1-6-13(15(21)22-16(3,4)5)23-14-8-12(19-9(2)20)11(18)7-10(14)17/h7-8,13H,6H2,1-5H3,(H,19,20). The molecule has 1 aromatic rings. The van der Waals surface area contributed by atoms with Gasteiger partial charge in [0.2, 0.25) is 5.91 Å². The molecule has 7 heteroatoms. The van der Waals surface area contributed by atoms with E-state index in [-0.39, 0.29) is 22.6 Å². The second-order valence-corrected chi connectivity index (χ2v) is 7.64. The highest BCUT2D eigenvalue weighted by Crippen LogP contribution is 2.36. The van der Waals surface area contributed by atoms with Crippen LogP contribution in [0.15, 0.2) is 17.0 Å². The second-order valence-electron chi connectivity index (χ2n) is 5.99. The van der Waals surface area contributed by atoms with E-state index in [0.29, 0.717) is 11.3 Å². The van der Waals surface area contributed by atoms with Crippen LogP contribution in [0.1, 0.15) is 41.0 Å². The van der Waals surface area contributed by atoms with E-state index in [9.17, 15) is 14.0 Å². The summed E-state index contributed by atoms with van der Waals surface area (Å²) in [4.78, 5) is 23.8. The lowest BCUT2D eigenvalue weighted by atomic mass is 10.2. The van der Waals surface area contributed by atoms with Gasteiger partial charge in [0.1, 0.15) is 16.7 Å². The largest absolute Gasteiger partial charge is 0.459 e. The third kappa shape index (κ3) is 6.39. The molecule has 0 radical (unpaired) electrons. The minimum atomic E-state index is -0.625. The maximum Gasteiger partial charge on any atom is 0.319 e. The van der Waals surface area contributed by atoms with Crippen LogP contribution in [-0.4, -0.2) is 22.7 Å². The number of ether oxygens (including phenoxy) is 1. The lowest BCUT2D eigenvalue weighted by Gasteiger charge is -2.23. The van der Waals surface area contributed by atoms with E-state index in [1.807, 2.05) is 6.92 Å². The Morgan fingerprint density at radius 3 is 2.48 bits per heavy atom. The highest BCUT2D eigenvalue weighted by Gasteiger charge is 2.26. The van der Waals surface area contributed by atoms with E-state index in [0.717, 1.165) is 6.07 Å². The van der Waals surface area contributed by atoms with Gasteiger partial charge in [0.25, 0.3) is 0 Å². The Bertz CT molecular complexity index is 602. The Hall–Kier alpha value is -1.27. The van der Waals surface area contributed by atoms with Gasteiger partial charge in [-0.3, -0.25) is 9.59 Å². The number of nitrogens with one attached hydrogen (secondary N) is 1. The van der Waals surface area contributed by atoms with Crippen LogP contribution in [0.4, 0.5) is 10.1 Å². The molecule has 0 aliphatic heterocycles. The smallest absolute Gasteiger partial charge is 0.319 e. The van der Waals surface area contributed by atoms with E-state index in [4.69, 9.17) is 16.3 Å². The van der Waals surface area contributed by atoms with Crippen LogP contribution < -0.4 is 5.32 Å². The maximum atomic E-state index is 13.8. The number of hydrogen-bond donors (Lipinski definition) is 1. The van der Waals surface area contributed by atoms with Crippen molar-refractivity contribution in [3.8, 4) is 0 Å². The van der Waals surface area contributed by atoms with Crippen LogP contribution in [-0.2, 0) is 14.3 Å². The zero-order valence-electron chi connectivity index (χ0n) is 13.8. The van der Waals surface area contributed by atoms with Crippen molar-refractivity contribution in [3.63, 3.8) is 0 Å². The van der Waals surface area contributed by atoms with Crippen LogP contribution in [0.5, 0.6) is 0 Å². The summed E-state index contributed by atoms with van der Waals surface area (Å²) in [5.41, 5.74) is -0.553. The van der Waals surface area contributed by atoms with Gasteiger partial charge in [-0.1, -0.05) is 18.5 Å². The third-order valence-electron chi connectivity index (χ3n) is 2.64. The first-order valence-corrected chi connectivity index (χ1v) is 8.45. The van der Waals surface area contributed by atoms with Gasteiger partial charge in [0.05, 0.1) is 10.7 Å². The Morgan fingerprint density at radius 1 is 1.39 bits per heavy atom. The Morgan fingerprint density at radius 2 is 2.00 bits per heavy atom. The number of esters is 1. The molecule has 1 amide bonds. The van der Waals surface area contributed by atoms with Gasteiger partial charge >= 0.3 is 5.97 Å². The minimum absolute atomic E-state index is 0.0310. The molecule has 0 aromatic heterocycles. The van der Waals surface area contributed by atoms with Gasteiger partial charge in [-0.2, -0.15) is 0 Å². The highest BCUT2D eigenvalue weighted by atomic mass is 35.5. The number of amides is 1. The Labute approximate surface area is 145 Å². The number of carbonyl (C=O) groups is 2. The quantitative estimate of drug-likeness (QED) is 0.612. The fourth-order valence-electron chi connectivity index (χ4n) is 1.72. The van der Waals surface area contributed by atoms with E-state index >= 15 is 0 Å². The van der Waals surface area contributed by atoms with Crippen LogP contribution in [0.2, 0.25) is 5.02 Å². The predicted octanol–water partition coefficient (Wildman–Crippen LogP) is 4.65. The first kappa shape index (κ1) is 19.8. The molecule has 0 aliphatic rings. The summed E-state index contributed by atoms with van der Waals surface area (Å²) in [6, 6.07) is 2.55. The molecule has 0 bridgehead atoms. The van der Waals surface area contributed by atoms with E-state index in [1.54, 1.807) is 20.8 Å². The topological polar surface area (TPSA) is 55.4 Å². The maximum absolute atomic E-state index is 13.8. The van der Waals surface area contributed by atoms with Crippen molar-refractivity contribution in [1.82, 2.24) is 0 Å². The minimum Gasteiger partial charge on any atom is -0.459 e. The number of halogens is 2. The van der Waals surface area contributed by atoms with Crippen LogP contribution in [0.25, 0.3) is 0 Å². The summed E-state index contributed by atoms with van der Waals surface area (Å²) in [5.74, 6) is -1.37. The first-order chi connectivity index (χ1) is 10.5. The Kier molecular flexibility index (Phi) is 6.89. The van der Waals surface area contributed by atoms with Crippen molar-refractivity contribution in [2.24, 2.45) is 0 Å². The predicted molar refractivity (Wildman–Crippen MR) is 91.5 cm³/mol. The number of benzene rings is 1. The number of anilines is 1. The zero-order valence-corrected chi connectivity index (χ0v) is 15.4. The molecule has 0 fully saturated rings. The zero-order chi connectivity index (χ0) is 17.8. The summed E-state index contributed by atoms with van der Waals surface area (Å²) in [6.45, 7) is 8.52. The highest BCUT2D eigenvalue weighted by molar-refractivity contribution is 8.00. The lowest BCUT2D eigenvalue weighted by Crippen LogP contribution is -2.30. The monoisotopic (exact) mass is 361 g/mol. The average Bonchev–Trinajstić information content (AvgIpc) is 2.37. The number of hydrogen-bond acceptors (Lipinski definition) is 4. The second kappa shape index (κ2) is 8.02. The molecule has 0 saturated carbocycles. The van der Waals surface area contributed by atoms with E-state index in [1.165, 1.54) is 24.8 Å². The molecule has 1 atom stereocenters. The molecule has 1 rings (SSSR count). The normalized spacial score (nSPS) is 12.7. The molecule has 0 saturated heterocycles. The Balaban J connectivity index is 3.01.